The summed E-state index contributed by atoms with van der Waals surface area (Å²) >= 11 is 0. The second-order valence-electron chi connectivity index (χ2n) is 5.18. The number of aromatic nitrogens is 2. The van der Waals surface area contributed by atoms with Gasteiger partial charge in [0.15, 0.2) is 5.96 Å². The zero-order valence-corrected chi connectivity index (χ0v) is 16.1. The Labute approximate surface area is 146 Å². The number of halogens is 1. The molecule has 0 aliphatic carbocycles. The Kier molecular flexibility index (Phi) is 11.4. The average Bonchev–Trinajstić information content (AvgIpc) is 2.82. The molecule has 0 aliphatic rings. The van der Waals surface area contributed by atoms with Crippen molar-refractivity contribution in [2.75, 3.05) is 6.54 Å². The molecular formula is C15H30IN5. The summed E-state index contributed by atoms with van der Waals surface area (Å²) in [6, 6.07) is 2.45. The van der Waals surface area contributed by atoms with Gasteiger partial charge in [-0.2, -0.15) is 5.10 Å². The van der Waals surface area contributed by atoms with E-state index < -0.39 is 0 Å². The summed E-state index contributed by atoms with van der Waals surface area (Å²) in [6.45, 7) is 8.06. The van der Waals surface area contributed by atoms with E-state index in [0.29, 0.717) is 12.6 Å². The first-order chi connectivity index (χ1) is 9.67. The zero-order chi connectivity index (χ0) is 14.8. The maximum absolute atomic E-state index is 4.62. The van der Waals surface area contributed by atoms with Gasteiger partial charge in [-0.05, 0) is 26.3 Å². The maximum Gasteiger partial charge on any atom is 0.191 e. The van der Waals surface area contributed by atoms with Crippen LogP contribution in [0.1, 0.15) is 52.1 Å². The van der Waals surface area contributed by atoms with E-state index in [9.17, 15) is 0 Å². The molecule has 0 fully saturated rings. The zero-order valence-electron chi connectivity index (χ0n) is 13.7. The molecule has 1 aromatic rings. The molecule has 2 N–H and O–H groups in total. The fourth-order valence-corrected chi connectivity index (χ4v) is 2.04. The normalized spacial score (nSPS) is 12.7. The van der Waals surface area contributed by atoms with E-state index in [0.717, 1.165) is 18.2 Å². The Morgan fingerprint density at radius 2 is 2.14 bits per heavy atom. The van der Waals surface area contributed by atoms with Gasteiger partial charge in [0.1, 0.15) is 0 Å². The highest BCUT2D eigenvalue weighted by Crippen LogP contribution is 2.03. The molecule has 1 rings (SSSR count). The number of aryl methyl sites for hydroxylation is 1. The number of hydrogen-bond donors (Lipinski definition) is 2. The van der Waals surface area contributed by atoms with Gasteiger partial charge >= 0.3 is 0 Å². The van der Waals surface area contributed by atoms with Gasteiger partial charge in [0, 0.05) is 25.8 Å². The number of unbranched alkanes of at least 4 members (excludes halogenated alkanes) is 2. The third-order valence-electron chi connectivity index (χ3n) is 3.29. The first kappa shape index (κ1) is 20.2. The van der Waals surface area contributed by atoms with Crippen molar-refractivity contribution in [3.8, 4) is 0 Å². The van der Waals surface area contributed by atoms with Crippen LogP contribution in [0.15, 0.2) is 17.3 Å². The highest BCUT2D eigenvalue weighted by atomic mass is 127. The Balaban J connectivity index is 0.00000400. The molecule has 0 bridgehead atoms. The summed E-state index contributed by atoms with van der Waals surface area (Å²) in [4.78, 5) is 4.62. The second kappa shape index (κ2) is 11.8. The lowest BCUT2D eigenvalue weighted by Gasteiger charge is -2.17. The Morgan fingerprint density at radius 1 is 1.38 bits per heavy atom. The van der Waals surface area contributed by atoms with Crippen molar-refractivity contribution >= 4 is 29.9 Å². The minimum atomic E-state index is 0. The van der Waals surface area contributed by atoms with E-state index in [1.54, 1.807) is 6.20 Å². The topological polar surface area (TPSA) is 54.2 Å². The van der Waals surface area contributed by atoms with Crippen molar-refractivity contribution in [2.45, 2.75) is 59.0 Å². The van der Waals surface area contributed by atoms with Crippen LogP contribution in [0, 0.1) is 0 Å². The van der Waals surface area contributed by atoms with E-state index in [4.69, 9.17) is 0 Å². The smallest absolute Gasteiger partial charge is 0.191 e. The summed E-state index contributed by atoms with van der Waals surface area (Å²) in [6.07, 6.45) is 6.82. The fraction of sp³-hybridized carbons (Fsp3) is 0.733. The number of guanidine groups is 1. The summed E-state index contributed by atoms with van der Waals surface area (Å²) < 4.78 is 1.86. The number of hydrogen-bond acceptors (Lipinski definition) is 2. The van der Waals surface area contributed by atoms with Crippen molar-refractivity contribution in [3.05, 3.63) is 18.0 Å². The molecule has 21 heavy (non-hydrogen) atoms. The lowest BCUT2D eigenvalue weighted by Crippen LogP contribution is -2.42. The molecule has 0 spiro atoms. The Bertz CT molecular complexity index is 403. The number of rotatable bonds is 8. The van der Waals surface area contributed by atoms with Gasteiger partial charge in [-0.15, -0.1) is 24.0 Å². The predicted octanol–water partition coefficient (Wildman–Crippen LogP) is 3.06. The molecule has 5 nitrogen and oxygen atoms in total. The fourth-order valence-electron chi connectivity index (χ4n) is 2.04. The summed E-state index contributed by atoms with van der Waals surface area (Å²) in [5, 5.41) is 10.9. The summed E-state index contributed by atoms with van der Waals surface area (Å²) in [7, 11) is 1.94. The minimum absolute atomic E-state index is 0. The van der Waals surface area contributed by atoms with E-state index >= 15 is 0 Å². The standard InChI is InChI=1S/C15H29N5.HI/c1-5-7-8-9-13(3)19-15(16-6-2)17-12-14-10-11-18-20(14)4;/h10-11,13H,5-9,12H2,1-4H3,(H2,16,17,19);1H. The number of aliphatic imine (C=N–C) groups is 1. The molecule has 1 atom stereocenters. The van der Waals surface area contributed by atoms with Gasteiger partial charge in [0.25, 0.3) is 0 Å². The molecule has 0 saturated carbocycles. The van der Waals surface area contributed by atoms with E-state index in [2.05, 4.69) is 41.5 Å². The second-order valence-corrected chi connectivity index (χ2v) is 5.18. The quantitative estimate of drug-likeness (QED) is 0.302. The summed E-state index contributed by atoms with van der Waals surface area (Å²) in [5.41, 5.74) is 1.11. The molecule has 1 aromatic heterocycles. The Hall–Kier alpha value is -0.790. The van der Waals surface area contributed by atoms with Crippen molar-refractivity contribution in [2.24, 2.45) is 12.0 Å². The average molecular weight is 407 g/mol. The van der Waals surface area contributed by atoms with Crippen LogP contribution in [0.4, 0.5) is 0 Å². The highest BCUT2D eigenvalue weighted by molar-refractivity contribution is 14.0. The molecule has 122 valence electrons. The lowest BCUT2D eigenvalue weighted by atomic mass is 10.1. The van der Waals surface area contributed by atoms with Gasteiger partial charge in [-0.25, -0.2) is 4.99 Å². The predicted molar refractivity (Wildman–Crippen MR) is 100 cm³/mol. The molecule has 0 radical (unpaired) electrons. The molecular weight excluding hydrogens is 377 g/mol. The molecule has 0 aliphatic heterocycles. The van der Waals surface area contributed by atoms with Crippen LogP contribution in [0.5, 0.6) is 0 Å². The van der Waals surface area contributed by atoms with Gasteiger partial charge in [0.05, 0.1) is 12.2 Å². The van der Waals surface area contributed by atoms with Crippen LogP contribution in [-0.2, 0) is 13.6 Å². The van der Waals surface area contributed by atoms with Crippen LogP contribution >= 0.6 is 24.0 Å². The monoisotopic (exact) mass is 407 g/mol. The highest BCUT2D eigenvalue weighted by Gasteiger charge is 2.05. The minimum Gasteiger partial charge on any atom is -0.357 e. The summed E-state index contributed by atoms with van der Waals surface area (Å²) in [5.74, 6) is 0.887. The third kappa shape index (κ3) is 8.28. The number of nitrogens with zero attached hydrogens (tertiary/aromatic N) is 3. The largest absolute Gasteiger partial charge is 0.357 e. The molecule has 1 unspecified atom stereocenters. The lowest BCUT2D eigenvalue weighted by molar-refractivity contribution is 0.546. The van der Waals surface area contributed by atoms with Crippen LogP contribution < -0.4 is 10.6 Å². The SMILES string of the molecule is CCCCCC(C)NC(=NCc1ccnn1C)NCC.I. The third-order valence-corrected chi connectivity index (χ3v) is 3.29. The van der Waals surface area contributed by atoms with Crippen LogP contribution in [0.3, 0.4) is 0 Å². The molecule has 0 saturated heterocycles. The van der Waals surface area contributed by atoms with Gasteiger partial charge < -0.3 is 10.6 Å². The molecule has 1 heterocycles. The van der Waals surface area contributed by atoms with E-state index in [-0.39, 0.29) is 24.0 Å². The Morgan fingerprint density at radius 3 is 2.71 bits per heavy atom. The van der Waals surface area contributed by atoms with Crippen molar-refractivity contribution in [3.63, 3.8) is 0 Å². The first-order valence-corrected chi connectivity index (χ1v) is 7.69. The van der Waals surface area contributed by atoms with Gasteiger partial charge in [0.2, 0.25) is 0 Å². The van der Waals surface area contributed by atoms with E-state index in [1.807, 2.05) is 17.8 Å². The van der Waals surface area contributed by atoms with Crippen LogP contribution in [0.2, 0.25) is 0 Å². The molecule has 0 amide bonds. The van der Waals surface area contributed by atoms with Crippen molar-refractivity contribution in [1.82, 2.24) is 20.4 Å². The van der Waals surface area contributed by atoms with Crippen LogP contribution in [-0.4, -0.2) is 28.3 Å². The molecule has 0 aromatic carbocycles. The maximum atomic E-state index is 4.62. The molecule has 6 heteroatoms. The van der Waals surface area contributed by atoms with Crippen molar-refractivity contribution < 1.29 is 0 Å². The van der Waals surface area contributed by atoms with Crippen molar-refractivity contribution in [1.29, 1.82) is 0 Å². The first-order valence-electron chi connectivity index (χ1n) is 7.69. The number of nitrogens with one attached hydrogen (secondary N) is 2. The van der Waals surface area contributed by atoms with Crippen LogP contribution in [0.25, 0.3) is 0 Å². The van der Waals surface area contributed by atoms with E-state index in [1.165, 1.54) is 25.7 Å². The van der Waals surface area contributed by atoms with Gasteiger partial charge in [-0.1, -0.05) is 26.2 Å². The van der Waals surface area contributed by atoms with Gasteiger partial charge in [-0.3, -0.25) is 4.68 Å².